The zero-order valence-corrected chi connectivity index (χ0v) is 13.7. The van der Waals surface area contributed by atoms with Gasteiger partial charge in [-0.2, -0.15) is 0 Å². The summed E-state index contributed by atoms with van der Waals surface area (Å²) in [5.41, 5.74) is 2.52. The third kappa shape index (κ3) is 5.96. The lowest BCUT2D eigenvalue weighted by atomic mass is 10.1. The fraction of sp³-hybridized carbons (Fsp3) is 0.294. The van der Waals surface area contributed by atoms with Crippen LogP contribution in [0.5, 0.6) is 5.75 Å². The molecule has 0 aromatic heterocycles. The summed E-state index contributed by atoms with van der Waals surface area (Å²) < 4.78 is 5.42. The van der Waals surface area contributed by atoms with Gasteiger partial charge < -0.3 is 10.1 Å². The maximum absolute atomic E-state index is 6.16. The predicted octanol–water partition coefficient (Wildman–Crippen LogP) is 4.49. The van der Waals surface area contributed by atoms with Crippen molar-refractivity contribution in [1.82, 2.24) is 5.32 Å². The van der Waals surface area contributed by atoms with E-state index in [4.69, 9.17) is 16.3 Å². The smallest absolute Gasteiger partial charge is 0.137 e. The Labute approximate surface area is 137 Å². The van der Waals surface area contributed by atoms with E-state index in [0.717, 1.165) is 25.3 Å². The first-order chi connectivity index (χ1) is 9.79. The molecule has 0 atom stereocenters. The number of hydrogen-bond acceptors (Lipinski definition) is 2. The molecule has 0 spiro atoms. The van der Waals surface area contributed by atoms with Crippen LogP contribution in [0, 0.1) is 0 Å². The second kappa shape index (κ2) is 9.67. The van der Waals surface area contributed by atoms with Crippen molar-refractivity contribution < 1.29 is 4.74 Å². The van der Waals surface area contributed by atoms with Crippen LogP contribution in [-0.2, 0) is 13.0 Å². The summed E-state index contributed by atoms with van der Waals surface area (Å²) in [6.45, 7) is 4.36. The Bertz CT molecular complexity index is 532. The zero-order valence-electron chi connectivity index (χ0n) is 12.1. The van der Waals surface area contributed by atoms with Crippen molar-refractivity contribution in [3.05, 3.63) is 64.7 Å². The van der Waals surface area contributed by atoms with Crippen LogP contribution in [0.3, 0.4) is 0 Å². The monoisotopic (exact) mass is 325 g/mol. The molecule has 1 N–H and O–H groups in total. The molecule has 0 saturated carbocycles. The SMILES string of the molecule is CCOc1ccc(CNCCc2ccccc2)cc1Cl.Cl. The molecular weight excluding hydrogens is 305 g/mol. The summed E-state index contributed by atoms with van der Waals surface area (Å²) in [5.74, 6) is 0.752. The van der Waals surface area contributed by atoms with E-state index >= 15 is 0 Å². The number of nitrogens with one attached hydrogen (secondary N) is 1. The molecule has 2 rings (SSSR count). The molecule has 0 fully saturated rings. The fourth-order valence-electron chi connectivity index (χ4n) is 2.04. The van der Waals surface area contributed by atoms with E-state index in [1.54, 1.807) is 0 Å². The van der Waals surface area contributed by atoms with Crippen LogP contribution in [0.4, 0.5) is 0 Å². The van der Waals surface area contributed by atoms with E-state index in [9.17, 15) is 0 Å². The lowest BCUT2D eigenvalue weighted by Crippen LogP contribution is -2.16. The maximum Gasteiger partial charge on any atom is 0.137 e. The highest BCUT2D eigenvalue weighted by Crippen LogP contribution is 2.25. The van der Waals surface area contributed by atoms with E-state index in [1.165, 1.54) is 11.1 Å². The number of ether oxygens (including phenoxy) is 1. The van der Waals surface area contributed by atoms with Gasteiger partial charge in [0.1, 0.15) is 5.75 Å². The minimum absolute atomic E-state index is 0. The Morgan fingerprint density at radius 2 is 1.81 bits per heavy atom. The highest BCUT2D eigenvalue weighted by atomic mass is 35.5. The van der Waals surface area contributed by atoms with E-state index in [0.29, 0.717) is 11.6 Å². The summed E-state index contributed by atoms with van der Waals surface area (Å²) >= 11 is 6.16. The summed E-state index contributed by atoms with van der Waals surface area (Å²) in [4.78, 5) is 0. The predicted molar refractivity (Wildman–Crippen MR) is 91.7 cm³/mol. The summed E-state index contributed by atoms with van der Waals surface area (Å²) in [5, 5.41) is 4.10. The first-order valence-electron chi connectivity index (χ1n) is 6.95. The second-order valence-electron chi connectivity index (χ2n) is 4.61. The van der Waals surface area contributed by atoms with Crippen LogP contribution in [0.1, 0.15) is 18.1 Å². The van der Waals surface area contributed by atoms with Crippen molar-refractivity contribution in [1.29, 1.82) is 0 Å². The maximum atomic E-state index is 6.16. The van der Waals surface area contributed by atoms with Crippen molar-refractivity contribution in [2.75, 3.05) is 13.2 Å². The van der Waals surface area contributed by atoms with Gasteiger partial charge in [-0.1, -0.05) is 48.0 Å². The van der Waals surface area contributed by atoms with Crippen LogP contribution in [-0.4, -0.2) is 13.2 Å². The standard InChI is InChI=1S/C17H20ClNO.ClH/c1-2-20-17-9-8-15(12-16(17)18)13-19-11-10-14-6-4-3-5-7-14;/h3-9,12,19H,2,10-11,13H2,1H3;1H. The quantitative estimate of drug-likeness (QED) is 0.757. The third-order valence-electron chi connectivity index (χ3n) is 3.06. The molecule has 114 valence electrons. The number of rotatable bonds is 7. The Kier molecular flexibility index (Phi) is 8.21. The first-order valence-corrected chi connectivity index (χ1v) is 7.33. The average molecular weight is 326 g/mol. The molecule has 0 saturated heterocycles. The van der Waals surface area contributed by atoms with Crippen molar-refractivity contribution in [3.63, 3.8) is 0 Å². The van der Waals surface area contributed by atoms with Crippen molar-refractivity contribution in [3.8, 4) is 5.75 Å². The van der Waals surface area contributed by atoms with Crippen molar-refractivity contribution >= 4 is 24.0 Å². The van der Waals surface area contributed by atoms with Gasteiger partial charge in [-0.3, -0.25) is 0 Å². The van der Waals surface area contributed by atoms with Crippen LogP contribution >= 0.6 is 24.0 Å². The summed E-state index contributed by atoms with van der Waals surface area (Å²) in [6, 6.07) is 16.4. The largest absolute Gasteiger partial charge is 0.492 e. The van der Waals surface area contributed by atoms with Gasteiger partial charge in [0.25, 0.3) is 0 Å². The summed E-state index contributed by atoms with van der Waals surface area (Å²) in [7, 11) is 0. The van der Waals surface area contributed by atoms with Gasteiger partial charge in [-0.05, 0) is 43.1 Å². The minimum Gasteiger partial charge on any atom is -0.492 e. The second-order valence-corrected chi connectivity index (χ2v) is 5.02. The molecule has 0 aliphatic carbocycles. The third-order valence-corrected chi connectivity index (χ3v) is 3.35. The Morgan fingerprint density at radius 3 is 2.48 bits per heavy atom. The van der Waals surface area contributed by atoms with E-state index in [1.807, 2.05) is 31.2 Å². The molecule has 0 aliphatic rings. The molecule has 2 nitrogen and oxygen atoms in total. The Balaban J connectivity index is 0.00000220. The molecule has 2 aromatic rings. The number of hydrogen-bond donors (Lipinski definition) is 1. The lowest BCUT2D eigenvalue weighted by molar-refractivity contribution is 0.340. The van der Waals surface area contributed by atoms with Gasteiger partial charge in [-0.15, -0.1) is 12.4 Å². The van der Waals surface area contributed by atoms with Crippen LogP contribution in [0.2, 0.25) is 5.02 Å². The molecular formula is C17H21Cl2NO. The van der Waals surface area contributed by atoms with Crippen molar-refractivity contribution in [2.45, 2.75) is 19.9 Å². The van der Waals surface area contributed by atoms with Gasteiger partial charge in [0.15, 0.2) is 0 Å². The van der Waals surface area contributed by atoms with Gasteiger partial charge in [-0.25, -0.2) is 0 Å². The molecule has 0 unspecified atom stereocenters. The van der Waals surface area contributed by atoms with Crippen LogP contribution in [0.15, 0.2) is 48.5 Å². The topological polar surface area (TPSA) is 21.3 Å². The number of benzene rings is 2. The molecule has 2 aromatic carbocycles. The molecule has 4 heteroatoms. The molecule has 0 heterocycles. The average Bonchev–Trinajstić information content (AvgIpc) is 2.48. The van der Waals surface area contributed by atoms with Gasteiger partial charge in [0.2, 0.25) is 0 Å². The van der Waals surface area contributed by atoms with Gasteiger partial charge in [0.05, 0.1) is 11.6 Å². The van der Waals surface area contributed by atoms with E-state index < -0.39 is 0 Å². The Hall–Kier alpha value is -1.22. The lowest BCUT2D eigenvalue weighted by Gasteiger charge is -2.09. The fourth-order valence-corrected chi connectivity index (χ4v) is 2.29. The normalized spacial score (nSPS) is 10.0. The van der Waals surface area contributed by atoms with Crippen molar-refractivity contribution in [2.24, 2.45) is 0 Å². The van der Waals surface area contributed by atoms with E-state index in [2.05, 4.69) is 29.6 Å². The molecule has 0 amide bonds. The minimum atomic E-state index is 0. The molecule has 0 radical (unpaired) electrons. The number of halogens is 2. The highest BCUT2D eigenvalue weighted by Gasteiger charge is 2.02. The van der Waals surface area contributed by atoms with Gasteiger partial charge >= 0.3 is 0 Å². The summed E-state index contributed by atoms with van der Waals surface area (Å²) in [6.07, 6.45) is 1.03. The van der Waals surface area contributed by atoms with Gasteiger partial charge in [0, 0.05) is 6.54 Å². The van der Waals surface area contributed by atoms with E-state index in [-0.39, 0.29) is 12.4 Å². The zero-order chi connectivity index (χ0) is 14.2. The first kappa shape index (κ1) is 17.8. The van der Waals surface area contributed by atoms with Crippen LogP contribution in [0.25, 0.3) is 0 Å². The Morgan fingerprint density at radius 1 is 1.05 bits per heavy atom. The molecule has 0 bridgehead atoms. The highest BCUT2D eigenvalue weighted by molar-refractivity contribution is 6.32. The van der Waals surface area contributed by atoms with Crippen LogP contribution < -0.4 is 10.1 Å². The molecule has 21 heavy (non-hydrogen) atoms. The molecule has 0 aliphatic heterocycles.